The lowest BCUT2D eigenvalue weighted by Crippen LogP contribution is -2.71. The van der Waals surface area contributed by atoms with Crippen molar-refractivity contribution in [1.29, 1.82) is 0 Å². The first kappa shape index (κ1) is 59.9. The highest BCUT2D eigenvalue weighted by molar-refractivity contribution is 9.10. The molecule has 2 aliphatic rings. The Morgan fingerprint density at radius 1 is 0.783 bits per heavy atom. The number of carbonyl (C=O) groups is 5. The minimum Gasteiger partial charge on any atom is -0.497 e. The molecule has 2 amide bonds. The van der Waals surface area contributed by atoms with Gasteiger partial charge in [0.1, 0.15) is 59.0 Å². The molecule has 430 valence electrons. The van der Waals surface area contributed by atoms with Crippen molar-refractivity contribution in [1.82, 2.24) is 15.2 Å². The molecule has 0 bridgehead atoms. The highest BCUT2D eigenvalue weighted by Gasteiger charge is 2.55. The summed E-state index contributed by atoms with van der Waals surface area (Å²) in [5.41, 5.74) is 0.742. The molecule has 5 aromatic carbocycles. The summed E-state index contributed by atoms with van der Waals surface area (Å²) in [7, 11) is 2.85. The van der Waals surface area contributed by atoms with Gasteiger partial charge in [-0.05, 0) is 103 Å². The third kappa shape index (κ3) is 13.7. The molecule has 1 saturated heterocycles. The van der Waals surface area contributed by atoms with E-state index in [2.05, 4.69) is 31.7 Å². The van der Waals surface area contributed by atoms with Crippen molar-refractivity contribution in [2.75, 3.05) is 31.0 Å². The SMILES string of the molecule is CO/N=C(\C(=O)NC1C(=O)N2C(C(=O)OCc3ccc(OC)cc3)=C(CSc3sc4cc(OC(=O)OC(C)(C)C)c(OC(=O)OC(C)(C)C)cc4c(=O)c3Br)CS[C@@H]12)c1csc(NC(c2ccccc2)(c2ccccc2)c2ccccc2)n1. The fraction of sp³-hybridized carbons (Fsp3) is 0.267. The maximum atomic E-state index is 14.5. The van der Waals surface area contributed by atoms with E-state index in [1.807, 2.05) is 91.0 Å². The predicted molar refractivity (Wildman–Crippen MR) is 324 cm³/mol. The number of benzene rings is 5. The van der Waals surface area contributed by atoms with Gasteiger partial charge in [0.25, 0.3) is 11.8 Å². The molecule has 0 aliphatic carbocycles. The first-order chi connectivity index (χ1) is 39.7. The molecule has 0 saturated carbocycles. The average molecular weight is 1260 g/mol. The number of aromatic nitrogens is 1. The number of methoxy groups -OCH3 is 1. The minimum atomic E-state index is -1.10. The van der Waals surface area contributed by atoms with Crippen LogP contribution in [0.2, 0.25) is 0 Å². The number of rotatable bonds is 18. The Hall–Kier alpha value is -7.70. The van der Waals surface area contributed by atoms with E-state index in [9.17, 15) is 28.8 Å². The average Bonchev–Trinajstić information content (AvgIpc) is 2.17. The second-order valence-corrected chi connectivity index (χ2v) is 25.7. The fourth-order valence-corrected chi connectivity index (χ4v) is 14.2. The van der Waals surface area contributed by atoms with Gasteiger partial charge in [-0.15, -0.1) is 46.2 Å². The van der Waals surface area contributed by atoms with E-state index < -0.39 is 63.7 Å². The van der Waals surface area contributed by atoms with Gasteiger partial charge >= 0.3 is 18.3 Å². The lowest BCUT2D eigenvalue weighted by molar-refractivity contribution is -0.153. The minimum absolute atomic E-state index is 0.00812. The molecule has 9 rings (SSSR count). The standard InChI is InChI=1S/C60H56BrN5O13S4/c1-58(2,3)78-56(71)76-42-28-40-44(29-43(42)77-57(72)79-59(4,5)6)83-54(45(61)49(40)67)81-32-35-31-80-52-47(51(69)66(52)48(35)53(70)75-30-34-24-26-39(73-7)27-25-34)63-50(68)46(65-74-8)41-33-82-55(62-41)64-60(36-18-12-9-13-19-36,37-20-14-10-15-21-37)38-22-16-11-17-23-38/h9-29,33,47,52H,30-32H2,1-8H3,(H,62,64)(H,63,68)/b65-46-/t47?,52-/m0/s1. The quantitative estimate of drug-likeness (QED) is 0.0119. The van der Waals surface area contributed by atoms with Crippen molar-refractivity contribution in [3.8, 4) is 17.2 Å². The van der Waals surface area contributed by atoms with E-state index in [-0.39, 0.29) is 56.6 Å². The van der Waals surface area contributed by atoms with Crippen LogP contribution in [-0.4, -0.2) is 94.0 Å². The van der Waals surface area contributed by atoms with Gasteiger partial charge in [-0.1, -0.05) is 108 Å². The summed E-state index contributed by atoms with van der Waals surface area (Å²) < 4.78 is 33.9. The molecule has 1 unspecified atom stereocenters. The first-order valence-electron chi connectivity index (χ1n) is 25.7. The molecule has 0 spiro atoms. The zero-order valence-corrected chi connectivity index (χ0v) is 51.0. The van der Waals surface area contributed by atoms with Crippen LogP contribution in [0.1, 0.15) is 69.5 Å². The van der Waals surface area contributed by atoms with E-state index in [1.165, 1.54) is 59.0 Å². The third-order valence-corrected chi connectivity index (χ3v) is 18.4. The van der Waals surface area contributed by atoms with Crippen molar-refractivity contribution in [2.24, 2.45) is 5.16 Å². The van der Waals surface area contributed by atoms with Gasteiger partial charge in [-0.3, -0.25) is 19.3 Å². The molecule has 2 N–H and O–H groups in total. The molecule has 1 fully saturated rings. The monoisotopic (exact) mass is 1260 g/mol. The lowest BCUT2D eigenvalue weighted by Gasteiger charge is -2.49. The highest BCUT2D eigenvalue weighted by atomic mass is 79.9. The zero-order chi connectivity index (χ0) is 59.2. The number of oxime groups is 1. The van der Waals surface area contributed by atoms with Gasteiger partial charge < -0.3 is 43.9 Å². The van der Waals surface area contributed by atoms with Crippen molar-refractivity contribution in [3.05, 3.63) is 187 Å². The number of thioether (sulfide) groups is 2. The number of halogens is 1. The van der Waals surface area contributed by atoms with Gasteiger partial charge in [0.05, 0.1) is 15.8 Å². The van der Waals surface area contributed by atoms with Crippen LogP contribution in [0.5, 0.6) is 17.2 Å². The van der Waals surface area contributed by atoms with Gasteiger partial charge in [0, 0.05) is 33.0 Å². The van der Waals surface area contributed by atoms with E-state index in [0.29, 0.717) is 30.9 Å². The number of hydrogen-bond acceptors (Lipinski definition) is 20. The normalized spacial score (nSPS) is 15.4. The molecule has 2 aliphatic heterocycles. The van der Waals surface area contributed by atoms with E-state index in [1.54, 1.807) is 78.3 Å². The Bertz CT molecular complexity index is 3600. The number of esters is 1. The van der Waals surface area contributed by atoms with Gasteiger partial charge in [0.2, 0.25) is 5.43 Å². The van der Waals surface area contributed by atoms with Crippen LogP contribution in [-0.2, 0) is 45.6 Å². The molecular weight excluding hydrogens is 1210 g/mol. The summed E-state index contributed by atoms with van der Waals surface area (Å²) >= 11 is 8.44. The Morgan fingerprint density at radius 2 is 1.35 bits per heavy atom. The van der Waals surface area contributed by atoms with Gasteiger partial charge in [0.15, 0.2) is 22.3 Å². The summed E-state index contributed by atoms with van der Waals surface area (Å²) in [6, 6.07) is 38.5. The Labute approximate surface area is 503 Å². The number of carbonyl (C=O) groups excluding carboxylic acids is 5. The van der Waals surface area contributed by atoms with Gasteiger partial charge in [-0.25, -0.2) is 19.4 Å². The predicted octanol–water partition coefficient (Wildman–Crippen LogP) is 12.1. The van der Waals surface area contributed by atoms with Crippen LogP contribution in [0, 0.1) is 0 Å². The van der Waals surface area contributed by atoms with Crippen LogP contribution in [0.15, 0.2) is 163 Å². The van der Waals surface area contributed by atoms with Crippen molar-refractivity contribution in [3.63, 3.8) is 0 Å². The van der Waals surface area contributed by atoms with Crippen LogP contribution in [0.4, 0.5) is 14.7 Å². The van der Waals surface area contributed by atoms with Gasteiger partial charge in [-0.2, -0.15) is 0 Å². The Kier molecular flexibility index (Phi) is 18.4. The van der Waals surface area contributed by atoms with Crippen LogP contribution in [0.25, 0.3) is 10.1 Å². The summed E-state index contributed by atoms with van der Waals surface area (Å²) in [6.07, 6.45) is -2.18. The maximum absolute atomic E-state index is 14.5. The molecule has 0 radical (unpaired) electrons. The number of nitrogens with zero attached hydrogens (tertiary/aromatic N) is 3. The van der Waals surface area contributed by atoms with Crippen molar-refractivity contribution < 1.29 is 57.2 Å². The van der Waals surface area contributed by atoms with Crippen molar-refractivity contribution >= 4 is 113 Å². The molecule has 4 heterocycles. The summed E-state index contributed by atoms with van der Waals surface area (Å²) in [4.78, 5) is 94.6. The number of hydrogen-bond donors (Lipinski definition) is 2. The fourth-order valence-electron chi connectivity index (χ4n) is 8.89. The topological polar surface area (TPSA) is 220 Å². The molecule has 18 nitrogen and oxygen atoms in total. The highest BCUT2D eigenvalue weighted by Crippen LogP contribution is 2.45. The smallest absolute Gasteiger partial charge is 0.497 e. The van der Waals surface area contributed by atoms with E-state index in [4.69, 9.17) is 38.2 Å². The second-order valence-electron chi connectivity index (χ2n) is 20.6. The number of nitrogens with one attached hydrogen (secondary N) is 2. The molecule has 83 heavy (non-hydrogen) atoms. The molecular formula is C60H56BrN5O13S4. The zero-order valence-electron chi connectivity index (χ0n) is 46.1. The molecule has 7 aromatic rings. The number of fused-ring (bicyclic) bond motifs is 2. The third-order valence-electron chi connectivity index (χ3n) is 12.5. The summed E-state index contributed by atoms with van der Waals surface area (Å²) in [5, 5.41) is 12.2. The lowest BCUT2D eigenvalue weighted by atomic mass is 9.77. The summed E-state index contributed by atoms with van der Waals surface area (Å²) in [5.74, 6) is -1.66. The number of thiazole rings is 1. The molecule has 23 heteroatoms. The summed E-state index contributed by atoms with van der Waals surface area (Å²) in [6.45, 7) is 9.78. The number of β-lactam (4-membered cyclic amide) rings is 1. The number of ether oxygens (including phenoxy) is 6. The van der Waals surface area contributed by atoms with E-state index >= 15 is 0 Å². The number of anilines is 1. The van der Waals surface area contributed by atoms with Crippen LogP contribution in [0.3, 0.4) is 0 Å². The molecule has 2 atom stereocenters. The van der Waals surface area contributed by atoms with E-state index in [0.717, 1.165) is 28.0 Å². The van der Waals surface area contributed by atoms with Crippen LogP contribution >= 0.6 is 62.1 Å². The maximum Gasteiger partial charge on any atom is 0.514 e. The molecule has 2 aromatic heterocycles. The largest absolute Gasteiger partial charge is 0.514 e. The second kappa shape index (κ2) is 25.4. The Balaban J connectivity index is 0.986. The first-order valence-corrected chi connectivity index (χ1v) is 30.2. The van der Waals surface area contributed by atoms with Crippen LogP contribution < -0.4 is 30.3 Å². The number of amides is 2. The van der Waals surface area contributed by atoms with Crippen molar-refractivity contribution in [2.45, 2.75) is 80.5 Å². The Morgan fingerprint density at radius 3 is 1.89 bits per heavy atom.